The van der Waals surface area contributed by atoms with E-state index in [1.807, 2.05) is 38.1 Å². The van der Waals surface area contributed by atoms with Gasteiger partial charge in [-0.3, -0.25) is 9.80 Å². The van der Waals surface area contributed by atoms with Crippen LogP contribution in [0.2, 0.25) is 0 Å². The number of β-amino-alcohol motifs (C(OH)–C–C–N with tert-alkyl or cyclic N) is 1. The highest BCUT2D eigenvalue weighted by atomic mass is 16.5. The van der Waals surface area contributed by atoms with Crippen molar-refractivity contribution in [3.63, 3.8) is 0 Å². The zero-order chi connectivity index (χ0) is 17.9. The van der Waals surface area contributed by atoms with Gasteiger partial charge < -0.3 is 9.84 Å². The van der Waals surface area contributed by atoms with Crippen molar-refractivity contribution in [3.8, 4) is 0 Å². The minimum Gasteiger partial charge on any atom is -0.465 e. The smallest absolute Gasteiger partial charge is 0.337 e. The van der Waals surface area contributed by atoms with Crippen LogP contribution in [0.3, 0.4) is 0 Å². The molecule has 0 radical (unpaired) electrons. The molecule has 1 aliphatic heterocycles. The molecule has 5 nitrogen and oxygen atoms in total. The highest BCUT2D eigenvalue weighted by molar-refractivity contribution is 5.89. The summed E-state index contributed by atoms with van der Waals surface area (Å²) < 4.78 is 4.73. The number of hydrogen-bond donors (Lipinski definition) is 1. The maximum atomic E-state index is 11.5. The molecule has 0 amide bonds. The number of esters is 1. The van der Waals surface area contributed by atoms with E-state index < -0.39 is 5.60 Å². The third kappa shape index (κ3) is 5.03. The topological polar surface area (TPSA) is 53.0 Å². The monoisotopic (exact) mass is 334 g/mol. The lowest BCUT2D eigenvalue weighted by Crippen LogP contribution is -2.58. The maximum Gasteiger partial charge on any atom is 0.337 e. The zero-order valence-electron chi connectivity index (χ0n) is 15.5. The lowest BCUT2D eigenvalue weighted by molar-refractivity contribution is -0.0223. The van der Waals surface area contributed by atoms with Crippen molar-refractivity contribution in [2.45, 2.75) is 51.9 Å². The summed E-state index contributed by atoms with van der Waals surface area (Å²) in [5.41, 5.74) is 1.11. The Morgan fingerprint density at radius 1 is 1.17 bits per heavy atom. The summed E-state index contributed by atoms with van der Waals surface area (Å²) in [6, 6.07) is 8.45. The van der Waals surface area contributed by atoms with Gasteiger partial charge in [0.25, 0.3) is 0 Å². The van der Waals surface area contributed by atoms with Gasteiger partial charge >= 0.3 is 5.97 Å². The van der Waals surface area contributed by atoms with E-state index in [2.05, 4.69) is 23.6 Å². The highest BCUT2D eigenvalue weighted by Crippen LogP contribution is 2.20. The Balaban J connectivity index is 1.97. The number of benzene rings is 1. The molecule has 2 rings (SSSR count). The van der Waals surface area contributed by atoms with Gasteiger partial charge in [-0.2, -0.15) is 0 Å². The Hall–Kier alpha value is -1.43. The molecule has 1 aromatic carbocycles. The molecule has 1 fully saturated rings. The Morgan fingerprint density at radius 2 is 1.71 bits per heavy atom. The van der Waals surface area contributed by atoms with E-state index in [1.165, 1.54) is 12.7 Å². The Kier molecular flexibility index (Phi) is 6.01. The molecule has 1 saturated heterocycles. The number of carbonyl (C=O) groups is 1. The third-order valence-electron chi connectivity index (χ3n) is 4.59. The lowest BCUT2D eigenvalue weighted by Gasteiger charge is -2.45. The molecule has 1 aliphatic rings. The molecule has 1 aromatic rings. The van der Waals surface area contributed by atoms with Crippen molar-refractivity contribution in [2.24, 2.45) is 0 Å². The first-order valence-corrected chi connectivity index (χ1v) is 8.57. The van der Waals surface area contributed by atoms with Crippen molar-refractivity contribution in [3.05, 3.63) is 35.4 Å². The van der Waals surface area contributed by atoms with E-state index >= 15 is 0 Å². The molecule has 134 valence electrons. The van der Waals surface area contributed by atoms with Crippen molar-refractivity contribution < 1.29 is 14.6 Å². The second kappa shape index (κ2) is 7.64. The summed E-state index contributed by atoms with van der Waals surface area (Å²) in [5.74, 6) is -0.302. The molecule has 0 unspecified atom stereocenters. The van der Waals surface area contributed by atoms with Crippen LogP contribution in [0, 0.1) is 0 Å². The maximum absolute atomic E-state index is 11.5. The molecule has 1 heterocycles. The summed E-state index contributed by atoms with van der Waals surface area (Å²) in [5, 5.41) is 10.1. The quantitative estimate of drug-likeness (QED) is 0.836. The number of carbonyl (C=O) groups excluding carboxylic acids is 1. The largest absolute Gasteiger partial charge is 0.465 e. The van der Waals surface area contributed by atoms with E-state index in [9.17, 15) is 9.90 Å². The van der Waals surface area contributed by atoms with Gasteiger partial charge in [-0.25, -0.2) is 4.79 Å². The minimum absolute atomic E-state index is 0.302. The number of aliphatic hydroxyl groups is 1. The van der Waals surface area contributed by atoms with Crippen LogP contribution in [0.4, 0.5) is 0 Å². The Morgan fingerprint density at radius 3 is 2.25 bits per heavy atom. The van der Waals surface area contributed by atoms with E-state index in [4.69, 9.17) is 4.74 Å². The van der Waals surface area contributed by atoms with Gasteiger partial charge in [-0.1, -0.05) is 12.1 Å². The van der Waals surface area contributed by atoms with Crippen LogP contribution in [0.5, 0.6) is 0 Å². The molecule has 24 heavy (non-hydrogen) atoms. The summed E-state index contributed by atoms with van der Waals surface area (Å²) >= 11 is 0. The van der Waals surface area contributed by atoms with Crippen LogP contribution in [0.1, 0.15) is 43.6 Å². The summed E-state index contributed by atoms with van der Waals surface area (Å²) in [6.07, 6.45) is 0. The van der Waals surface area contributed by atoms with Crippen LogP contribution >= 0.6 is 0 Å². The number of hydrogen-bond acceptors (Lipinski definition) is 5. The fraction of sp³-hybridized carbons (Fsp3) is 0.632. The number of methoxy groups -OCH3 is 1. The summed E-state index contributed by atoms with van der Waals surface area (Å²) in [4.78, 5) is 16.3. The second-order valence-electron chi connectivity index (χ2n) is 7.56. The van der Waals surface area contributed by atoms with E-state index in [-0.39, 0.29) is 5.97 Å². The summed E-state index contributed by atoms with van der Waals surface area (Å²) in [6.45, 7) is 11.6. The van der Waals surface area contributed by atoms with E-state index in [0.29, 0.717) is 24.2 Å². The Bertz CT molecular complexity index is 551. The van der Waals surface area contributed by atoms with Gasteiger partial charge in [0, 0.05) is 38.3 Å². The van der Waals surface area contributed by atoms with Crippen molar-refractivity contribution in [1.29, 1.82) is 0 Å². The molecular weight excluding hydrogens is 304 g/mol. The highest BCUT2D eigenvalue weighted by Gasteiger charge is 2.31. The van der Waals surface area contributed by atoms with Gasteiger partial charge in [-0.05, 0) is 45.4 Å². The van der Waals surface area contributed by atoms with Gasteiger partial charge in [0.05, 0.1) is 18.3 Å². The Labute approximate surface area is 145 Å². The van der Waals surface area contributed by atoms with Crippen molar-refractivity contribution in [2.75, 3.05) is 26.7 Å². The predicted molar refractivity (Wildman–Crippen MR) is 95.0 cm³/mol. The third-order valence-corrected chi connectivity index (χ3v) is 4.59. The average Bonchev–Trinajstić information content (AvgIpc) is 2.51. The SMILES string of the molecule is COC(=O)c1ccc(CN2C[C@@H](C)N(CC(C)(C)O)C[C@@H]2C)cc1. The number of nitrogens with zero attached hydrogens (tertiary/aromatic N) is 2. The molecule has 0 saturated carbocycles. The van der Waals surface area contributed by atoms with Gasteiger partial charge in [0.1, 0.15) is 0 Å². The first-order valence-electron chi connectivity index (χ1n) is 8.57. The molecule has 0 aromatic heterocycles. The fourth-order valence-electron chi connectivity index (χ4n) is 3.31. The van der Waals surface area contributed by atoms with Crippen LogP contribution in [-0.4, -0.2) is 65.3 Å². The first-order chi connectivity index (χ1) is 11.2. The molecule has 0 aliphatic carbocycles. The summed E-state index contributed by atoms with van der Waals surface area (Å²) in [7, 11) is 1.40. The van der Waals surface area contributed by atoms with Gasteiger partial charge in [0.2, 0.25) is 0 Å². The van der Waals surface area contributed by atoms with Crippen LogP contribution < -0.4 is 0 Å². The number of ether oxygens (including phenoxy) is 1. The normalized spacial score (nSPS) is 23.2. The van der Waals surface area contributed by atoms with E-state index in [1.54, 1.807) is 0 Å². The molecule has 0 spiro atoms. The van der Waals surface area contributed by atoms with Crippen molar-refractivity contribution >= 4 is 5.97 Å². The molecule has 5 heteroatoms. The molecule has 1 N–H and O–H groups in total. The van der Waals surface area contributed by atoms with Gasteiger partial charge in [-0.15, -0.1) is 0 Å². The fourth-order valence-corrected chi connectivity index (χ4v) is 3.31. The predicted octanol–water partition coefficient (Wildman–Crippen LogP) is 2.14. The zero-order valence-corrected chi connectivity index (χ0v) is 15.5. The number of piperazine rings is 1. The van der Waals surface area contributed by atoms with E-state index in [0.717, 1.165) is 19.6 Å². The molecular formula is C19H30N2O3. The van der Waals surface area contributed by atoms with Crippen LogP contribution in [0.25, 0.3) is 0 Å². The number of rotatable bonds is 5. The van der Waals surface area contributed by atoms with Gasteiger partial charge in [0.15, 0.2) is 0 Å². The minimum atomic E-state index is -0.667. The molecule has 2 atom stereocenters. The average molecular weight is 334 g/mol. The lowest BCUT2D eigenvalue weighted by atomic mass is 10.0. The first kappa shape index (κ1) is 18.9. The van der Waals surface area contributed by atoms with Crippen LogP contribution in [-0.2, 0) is 11.3 Å². The standard InChI is InChI=1S/C19H30N2O3/c1-14-11-21(13-19(3,4)23)15(2)10-20(14)12-16-6-8-17(9-7-16)18(22)24-5/h6-9,14-15,23H,10-13H2,1-5H3/t14-,15+/m0/s1. The second-order valence-corrected chi connectivity index (χ2v) is 7.56. The van der Waals surface area contributed by atoms with Crippen LogP contribution in [0.15, 0.2) is 24.3 Å². The van der Waals surface area contributed by atoms with Crippen molar-refractivity contribution in [1.82, 2.24) is 9.80 Å². The molecule has 0 bridgehead atoms.